The summed E-state index contributed by atoms with van der Waals surface area (Å²) in [5.41, 5.74) is 0. The second-order valence-corrected chi connectivity index (χ2v) is 6.06. The van der Waals surface area contributed by atoms with Gasteiger partial charge >= 0.3 is 11.8 Å². The van der Waals surface area contributed by atoms with E-state index in [2.05, 4.69) is 24.1 Å². The third kappa shape index (κ3) is 4.49. The number of carbonyl (C=O) groups is 2. The van der Waals surface area contributed by atoms with Gasteiger partial charge in [-0.05, 0) is 31.7 Å². The van der Waals surface area contributed by atoms with Crippen molar-refractivity contribution in [3.8, 4) is 0 Å². The molecule has 2 amide bonds. The molecular formula is C14H25N3O2. The summed E-state index contributed by atoms with van der Waals surface area (Å²) in [7, 11) is 0. The van der Waals surface area contributed by atoms with Crippen LogP contribution in [0.25, 0.3) is 0 Å². The van der Waals surface area contributed by atoms with Crippen molar-refractivity contribution in [2.24, 2.45) is 5.92 Å². The molecule has 5 heteroatoms. The third-order valence-electron chi connectivity index (χ3n) is 3.79. The zero-order valence-corrected chi connectivity index (χ0v) is 12.0. The summed E-state index contributed by atoms with van der Waals surface area (Å²) in [5, 5.41) is 2.76. The van der Waals surface area contributed by atoms with E-state index >= 15 is 0 Å². The number of rotatable bonds is 4. The number of hydrogen-bond acceptors (Lipinski definition) is 3. The highest BCUT2D eigenvalue weighted by Gasteiger charge is 2.30. The van der Waals surface area contributed by atoms with E-state index in [0.29, 0.717) is 19.0 Å². The molecular weight excluding hydrogens is 242 g/mol. The highest BCUT2D eigenvalue weighted by atomic mass is 16.2. The maximum absolute atomic E-state index is 11.9. The Morgan fingerprint density at radius 3 is 2.32 bits per heavy atom. The number of carbonyl (C=O) groups excluding carboxylic acids is 2. The lowest BCUT2D eigenvalue weighted by Gasteiger charge is -2.34. The molecule has 0 radical (unpaired) electrons. The van der Waals surface area contributed by atoms with E-state index in [1.807, 2.05) is 0 Å². The lowest BCUT2D eigenvalue weighted by molar-refractivity contribution is -0.147. The summed E-state index contributed by atoms with van der Waals surface area (Å²) in [6, 6.07) is 0.254. The molecule has 0 aromatic carbocycles. The quantitative estimate of drug-likeness (QED) is 0.753. The third-order valence-corrected chi connectivity index (χ3v) is 3.79. The molecule has 0 spiro atoms. The van der Waals surface area contributed by atoms with E-state index in [-0.39, 0.29) is 11.9 Å². The first-order valence-electron chi connectivity index (χ1n) is 7.38. The number of amides is 2. The van der Waals surface area contributed by atoms with Gasteiger partial charge < -0.3 is 10.2 Å². The number of piperazine rings is 1. The molecule has 0 unspecified atom stereocenters. The van der Waals surface area contributed by atoms with Gasteiger partial charge in [-0.3, -0.25) is 14.5 Å². The van der Waals surface area contributed by atoms with Crippen molar-refractivity contribution in [3.05, 3.63) is 0 Å². The minimum Gasteiger partial charge on any atom is -0.345 e. The maximum Gasteiger partial charge on any atom is 0.311 e. The molecule has 2 aliphatic rings. The van der Waals surface area contributed by atoms with Gasteiger partial charge in [0.1, 0.15) is 0 Å². The van der Waals surface area contributed by atoms with Crippen molar-refractivity contribution in [2.45, 2.75) is 39.2 Å². The van der Waals surface area contributed by atoms with Crippen molar-refractivity contribution in [1.82, 2.24) is 15.1 Å². The van der Waals surface area contributed by atoms with Gasteiger partial charge in [-0.2, -0.15) is 0 Å². The molecule has 0 aromatic rings. The zero-order valence-electron chi connectivity index (χ0n) is 12.0. The van der Waals surface area contributed by atoms with Crippen LogP contribution in [0.5, 0.6) is 0 Å². The number of nitrogens with one attached hydrogen (secondary N) is 1. The second kappa shape index (κ2) is 6.37. The second-order valence-electron chi connectivity index (χ2n) is 6.06. The molecule has 0 atom stereocenters. The predicted molar refractivity (Wildman–Crippen MR) is 73.6 cm³/mol. The Balaban J connectivity index is 1.69. The van der Waals surface area contributed by atoms with Gasteiger partial charge in [-0.1, -0.05) is 13.8 Å². The molecule has 0 aromatic heterocycles. The molecule has 1 aliphatic heterocycles. The van der Waals surface area contributed by atoms with Crippen LogP contribution < -0.4 is 5.32 Å². The molecule has 2 fully saturated rings. The number of hydrogen-bond donors (Lipinski definition) is 1. The van der Waals surface area contributed by atoms with Gasteiger partial charge in [0.05, 0.1) is 0 Å². The minimum absolute atomic E-state index is 0.254. The van der Waals surface area contributed by atoms with Crippen LogP contribution in [-0.4, -0.2) is 60.4 Å². The van der Waals surface area contributed by atoms with E-state index in [0.717, 1.165) is 32.5 Å². The van der Waals surface area contributed by atoms with Crippen LogP contribution in [0, 0.1) is 5.92 Å². The van der Waals surface area contributed by atoms with E-state index in [1.165, 1.54) is 6.42 Å². The van der Waals surface area contributed by atoms with Gasteiger partial charge in [-0.15, -0.1) is 0 Å². The van der Waals surface area contributed by atoms with Gasteiger partial charge in [0.2, 0.25) is 0 Å². The van der Waals surface area contributed by atoms with Crippen LogP contribution in [0.4, 0.5) is 0 Å². The largest absolute Gasteiger partial charge is 0.345 e. The summed E-state index contributed by atoms with van der Waals surface area (Å²) in [5.74, 6) is -0.0579. The lowest BCUT2D eigenvalue weighted by Crippen LogP contribution is -2.53. The Labute approximate surface area is 115 Å². The van der Waals surface area contributed by atoms with Crippen molar-refractivity contribution in [1.29, 1.82) is 0 Å². The van der Waals surface area contributed by atoms with Crippen LogP contribution in [0.15, 0.2) is 0 Å². The topological polar surface area (TPSA) is 52.7 Å². The van der Waals surface area contributed by atoms with Crippen LogP contribution in [0.3, 0.4) is 0 Å². The summed E-state index contributed by atoms with van der Waals surface area (Å²) in [4.78, 5) is 27.7. The van der Waals surface area contributed by atoms with Gasteiger partial charge in [0.25, 0.3) is 0 Å². The Kier molecular flexibility index (Phi) is 4.80. The first-order chi connectivity index (χ1) is 9.06. The molecule has 108 valence electrons. The summed E-state index contributed by atoms with van der Waals surface area (Å²) in [6.45, 7) is 8.66. The molecule has 1 saturated heterocycles. The zero-order chi connectivity index (χ0) is 13.8. The van der Waals surface area contributed by atoms with E-state index in [9.17, 15) is 9.59 Å². The lowest BCUT2D eigenvalue weighted by atomic mass is 10.1. The van der Waals surface area contributed by atoms with Gasteiger partial charge in [0, 0.05) is 32.2 Å². The summed E-state index contributed by atoms with van der Waals surface area (Å²) >= 11 is 0. The highest BCUT2D eigenvalue weighted by Crippen LogP contribution is 2.18. The minimum atomic E-state index is -0.418. The van der Waals surface area contributed by atoms with Crippen molar-refractivity contribution < 1.29 is 9.59 Å². The molecule has 1 N–H and O–H groups in total. The molecule has 0 bridgehead atoms. The van der Waals surface area contributed by atoms with Crippen molar-refractivity contribution in [2.75, 3.05) is 32.7 Å². The monoisotopic (exact) mass is 267 g/mol. The predicted octanol–water partition coefficient (Wildman–Crippen LogP) is 0.455. The van der Waals surface area contributed by atoms with Crippen molar-refractivity contribution in [3.63, 3.8) is 0 Å². The Bertz CT molecular complexity index is 332. The Morgan fingerprint density at radius 2 is 1.79 bits per heavy atom. The standard InChI is InChI=1S/C14H25N3O2/c1-11(2)5-6-16-7-9-17(10-8-16)14(19)13(18)15-12-3-4-12/h11-12H,3-10H2,1-2H3,(H,15,18). The fourth-order valence-corrected chi connectivity index (χ4v) is 2.23. The molecule has 19 heavy (non-hydrogen) atoms. The summed E-state index contributed by atoms with van der Waals surface area (Å²) < 4.78 is 0. The molecule has 5 nitrogen and oxygen atoms in total. The van der Waals surface area contributed by atoms with Crippen LogP contribution in [0.2, 0.25) is 0 Å². The fourth-order valence-electron chi connectivity index (χ4n) is 2.23. The Hall–Kier alpha value is -1.10. The Morgan fingerprint density at radius 1 is 1.16 bits per heavy atom. The highest BCUT2D eigenvalue weighted by molar-refractivity contribution is 6.35. The van der Waals surface area contributed by atoms with Crippen LogP contribution in [-0.2, 0) is 9.59 Å². The average molecular weight is 267 g/mol. The van der Waals surface area contributed by atoms with Crippen molar-refractivity contribution >= 4 is 11.8 Å². The van der Waals surface area contributed by atoms with Crippen LogP contribution >= 0.6 is 0 Å². The van der Waals surface area contributed by atoms with Crippen LogP contribution in [0.1, 0.15) is 33.1 Å². The molecule has 1 saturated carbocycles. The normalized spacial score (nSPS) is 20.7. The first-order valence-corrected chi connectivity index (χ1v) is 7.38. The summed E-state index contributed by atoms with van der Waals surface area (Å²) in [6.07, 6.45) is 3.22. The number of nitrogens with zero attached hydrogens (tertiary/aromatic N) is 2. The SMILES string of the molecule is CC(C)CCN1CCN(C(=O)C(=O)NC2CC2)CC1. The van der Waals surface area contributed by atoms with Gasteiger partial charge in [-0.25, -0.2) is 0 Å². The first kappa shape index (κ1) is 14.3. The van der Waals surface area contributed by atoms with E-state index in [4.69, 9.17) is 0 Å². The van der Waals surface area contributed by atoms with E-state index < -0.39 is 5.91 Å². The average Bonchev–Trinajstić information content (AvgIpc) is 3.20. The smallest absolute Gasteiger partial charge is 0.311 e. The fraction of sp³-hybridized carbons (Fsp3) is 0.857. The molecule has 1 aliphatic carbocycles. The van der Waals surface area contributed by atoms with E-state index in [1.54, 1.807) is 4.90 Å². The maximum atomic E-state index is 11.9. The molecule has 2 rings (SSSR count). The van der Waals surface area contributed by atoms with Gasteiger partial charge in [0.15, 0.2) is 0 Å². The molecule has 1 heterocycles.